The van der Waals surface area contributed by atoms with Crippen molar-refractivity contribution in [1.82, 2.24) is 14.0 Å². The van der Waals surface area contributed by atoms with E-state index in [9.17, 15) is 9.59 Å². The average Bonchev–Trinajstić information content (AvgIpc) is 3.46. The number of fused-ring (bicyclic) bond motifs is 2. The van der Waals surface area contributed by atoms with Gasteiger partial charge in [-0.1, -0.05) is 36.4 Å². The van der Waals surface area contributed by atoms with Crippen LogP contribution in [0.25, 0.3) is 27.4 Å². The zero-order valence-corrected chi connectivity index (χ0v) is 18.9. The Morgan fingerprint density at radius 1 is 0.818 bits per heavy atom. The minimum Gasteiger partial charge on any atom is -0.350 e. The Labute approximate surface area is 192 Å². The summed E-state index contributed by atoms with van der Waals surface area (Å²) in [5, 5.41) is 1.91. The van der Waals surface area contributed by atoms with Crippen molar-refractivity contribution in [2.24, 2.45) is 7.05 Å². The molecule has 4 heterocycles. The van der Waals surface area contributed by atoms with E-state index in [2.05, 4.69) is 22.6 Å². The van der Waals surface area contributed by atoms with Crippen molar-refractivity contribution in [3.63, 3.8) is 0 Å². The molecule has 2 aromatic heterocycles. The molecule has 0 bridgehead atoms. The van der Waals surface area contributed by atoms with E-state index in [-0.39, 0.29) is 11.8 Å². The molecule has 6 heteroatoms. The van der Waals surface area contributed by atoms with E-state index < -0.39 is 0 Å². The van der Waals surface area contributed by atoms with Crippen molar-refractivity contribution in [2.75, 3.05) is 25.0 Å². The fourth-order valence-corrected chi connectivity index (χ4v) is 5.39. The van der Waals surface area contributed by atoms with Crippen molar-refractivity contribution in [3.05, 3.63) is 72.6 Å². The van der Waals surface area contributed by atoms with E-state index in [1.54, 1.807) is 0 Å². The van der Waals surface area contributed by atoms with Gasteiger partial charge < -0.3 is 14.0 Å². The summed E-state index contributed by atoms with van der Waals surface area (Å²) in [6.07, 6.45) is 7.54. The first-order valence-electron chi connectivity index (χ1n) is 11.5. The summed E-state index contributed by atoms with van der Waals surface area (Å²) in [4.78, 5) is 30.5. The fraction of sp³-hybridized carbons (Fsp3) is 0.259. The third kappa shape index (κ3) is 3.05. The summed E-state index contributed by atoms with van der Waals surface area (Å²) in [5.74, 6) is -0.545. The van der Waals surface area contributed by atoms with Crippen LogP contribution in [0.2, 0.25) is 0 Å². The number of imide groups is 1. The second-order valence-electron chi connectivity index (χ2n) is 9.18. The molecule has 0 spiro atoms. The van der Waals surface area contributed by atoms with Crippen molar-refractivity contribution in [2.45, 2.75) is 18.9 Å². The molecule has 2 aromatic carbocycles. The maximum Gasteiger partial charge on any atom is 0.266 e. The number of benzene rings is 2. The Morgan fingerprint density at radius 2 is 1.48 bits per heavy atom. The van der Waals surface area contributed by atoms with Gasteiger partial charge in [0.25, 0.3) is 11.8 Å². The molecule has 6 rings (SSSR count). The van der Waals surface area contributed by atoms with Crippen LogP contribution in [0.15, 0.2) is 67.0 Å². The first-order valence-corrected chi connectivity index (χ1v) is 11.5. The van der Waals surface area contributed by atoms with Gasteiger partial charge in [0.05, 0.1) is 16.8 Å². The number of anilines is 1. The molecule has 0 saturated carbocycles. The van der Waals surface area contributed by atoms with Crippen LogP contribution in [0.4, 0.5) is 5.69 Å². The van der Waals surface area contributed by atoms with Crippen LogP contribution >= 0.6 is 0 Å². The molecule has 0 unspecified atom stereocenters. The van der Waals surface area contributed by atoms with Crippen LogP contribution < -0.4 is 4.90 Å². The number of piperidine rings is 1. The number of hydrogen-bond acceptors (Lipinski definition) is 3. The Kier molecular flexibility index (Phi) is 4.52. The first kappa shape index (κ1) is 20.0. The molecule has 166 valence electrons. The predicted molar refractivity (Wildman–Crippen MR) is 131 cm³/mol. The van der Waals surface area contributed by atoms with Crippen LogP contribution in [-0.2, 0) is 16.6 Å². The summed E-state index contributed by atoms with van der Waals surface area (Å²) in [6, 6.07) is 16.4. The van der Waals surface area contributed by atoms with Crippen LogP contribution in [-0.4, -0.2) is 46.0 Å². The number of hydrogen-bond donors (Lipinski definition) is 0. The standard InChI is InChI=1S/C27H26N4O2/c1-28-13-11-18(12-14-28)30-17-25(20-8-4-6-10-24(20)30)31-26(32)15-21(27(31)33)22-16-29(2)23-9-5-3-7-19(22)23/h3-10,15-18H,11-14H2,1-2H3. The van der Waals surface area contributed by atoms with Crippen molar-refractivity contribution < 1.29 is 9.59 Å². The van der Waals surface area contributed by atoms with Gasteiger partial charge in [0.15, 0.2) is 0 Å². The second-order valence-corrected chi connectivity index (χ2v) is 9.18. The molecule has 2 aliphatic heterocycles. The third-order valence-electron chi connectivity index (χ3n) is 7.15. The Balaban J connectivity index is 1.43. The summed E-state index contributed by atoms with van der Waals surface area (Å²) in [5.41, 5.74) is 4.03. The van der Waals surface area contributed by atoms with Gasteiger partial charge in [-0.2, -0.15) is 0 Å². The molecular formula is C27H26N4O2. The lowest BCUT2D eigenvalue weighted by atomic mass is 10.1. The molecule has 2 aliphatic rings. The Bertz CT molecular complexity index is 1450. The summed E-state index contributed by atoms with van der Waals surface area (Å²) >= 11 is 0. The molecule has 0 radical (unpaired) electrons. The summed E-state index contributed by atoms with van der Waals surface area (Å²) in [7, 11) is 4.11. The highest BCUT2D eigenvalue weighted by molar-refractivity contribution is 6.45. The van der Waals surface area contributed by atoms with Gasteiger partial charge in [-0.25, -0.2) is 4.90 Å². The minimum atomic E-state index is -0.283. The van der Waals surface area contributed by atoms with E-state index in [4.69, 9.17) is 0 Å². The van der Waals surface area contributed by atoms with Crippen molar-refractivity contribution in [1.29, 1.82) is 0 Å². The van der Waals surface area contributed by atoms with Crippen LogP contribution in [0, 0.1) is 0 Å². The minimum absolute atomic E-state index is 0.261. The van der Waals surface area contributed by atoms with E-state index in [1.807, 2.05) is 66.5 Å². The summed E-state index contributed by atoms with van der Waals surface area (Å²) < 4.78 is 4.27. The zero-order chi connectivity index (χ0) is 22.7. The quantitative estimate of drug-likeness (QED) is 0.447. The number of para-hydroxylation sites is 2. The fourth-order valence-electron chi connectivity index (χ4n) is 5.39. The second kappa shape index (κ2) is 7.46. The first-order chi connectivity index (χ1) is 16.0. The van der Waals surface area contributed by atoms with E-state index in [1.165, 1.54) is 11.0 Å². The number of nitrogens with zero attached hydrogens (tertiary/aromatic N) is 4. The Hall–Kier alpha value is -3.64. The lowest BCUT2D eigenvalue weighted by Crippen LogP contribution is -2.32. The number of amides is 2. The van der Waals surface area contributed by atoms with Crippen molar-refractivity contribution in [3.8, 4) is 0 Å². The van der Waals surface area contributed by atoms with Gasteiger partial charge >= 0.3 is 0 Å². The van der Waals surface area contributed by atoms with E-state index >= 15 is 0 Å². The Morgan fingerprint density at radius 3 is 2.24 bits per heavy atom. The maximum atomic E-state index is 13.7. The molecule has 1 fully saturated rings. The predicted octanol–water partition coefficient (Wildman–Crippen LogP) is 4.36. The highest BCUT2D eigenvalue weighted by atomic mass is 16.2. The monoisotopic (exact) mass is 438 g/mol. The van der Waals surface area contributed by atoms with E-state index in [0.29, 0.717) is 17.3 Å². The molecule has 0 aliphatic carbocycles. The van der Waals surface area contributed by atoms with Gasteiger partial charge in [0, 0.05) is 53.4 Å². The average molecular weight is 439 g/mol. The number of rotatable bonds is 3. The highest BCUT2D eigenvalue weighted by Crippen LogP contribution is 2.39. The lowest BCUT2D eigenvalue weighted by Gasteiger charge is -2.30. The molecule has 0 N–H and O–H groups in total. The van der Waals surface area contributed by atoms with Gasteiger partial charge in [-0.05, 0) is 45.1 Å². The summed E-state index contributed by atoms with van der Waals surface area (Å²) in [6.45, 7) is 2.09. The third-order valence-corrected chi connectivity index (χ3v) is 7.15. The lowest BCUT2D eigenvalue weighted by molar-refractivity contribution is -0.119. The topological polar surface area (TPSA) is 50.5 Å². The molecule has 1 saturated heterocycles. The maximum absolute atomic E-state index is 13.7. The molecule has 2 amide bonds. The van der Waals surface area contributed by atoms with Gasteiger partial charge in [-0.3, -0.25) is 9.59 Å². The van der Waals surface area contributed by atoms with Gasteiger partial charge in [-0.15, -0.1) is 0 Å². The van der Waals surface area contributed by atoms with Crippen LogP contribution in [0.5, 0.6) is 0 Å². The van der Waals surface area contributed by atoms with E-state index in [0.717, 1.165) is 53.3 Å². The largest absolute Gasteiger partial charge is 0.350 e. The van der Waals surface area contributed by atoms with Crippen LogP contribution in [0.3, 0.4) is 0 Å². The smallest absolute Gasteiger partial charge is 0.266 e. The molecule has 0 atom stereocenters. The van der Waals surface area contributed by atoms with Gasteiger partial charge in [0.1, 0.15) is 0 Å². The number of carbonyl (C=O) groups excluding carboxylic acids is 2. The number of aromatic nitrogens is 2. The number of likely N-dealkylation sites (tertiary alicyclic amines) is 1. The number of aryl methyl sites for hydroxylation is 1. The SMILES string of the molecule is CN1CCC(n2cc(N3C(=O)C=C(c4cn(C)c5ccccc45)C3=O)c3ccccc32)CC1. The van der Waals surface area contributed by atoms with Gasteiger partial charge in [0.2, 0.25) is 0 Å². The molecular weight excluding hydrogens is 412 g/mol. The highest BCUT2D eigenvalue weighted by Gasteiger charge is 2.36. The molecule has 4 aromatic rings. The normalized spacial score (nSPS) is 18.1. The number of carbonyl (C=O) groups is 2. The molecule has 33 heavy (non-hydrogen) atoms. The van der Waals surface area contributed by atoms with Crippen LogP contribution in [0.1, 0.15) is 24.4 Å². The zero-order valence-electron chi connectivity index (χ0n) is 18.9. The molecule has 6 nitrogen and oxygen atoms in total. The van der Waals surface area contributed by atoms with Crippen molar-refractivity contribution >= 4 is 44.9 Å².